The number of anilines is 2. The van der Waals surface area contributed by atoms with Gasteiger partial charge in [0.05, 0.1) is 18.7 Å². The maximum atomic E-state index is 12.4. The van der Waals surface area contributed by atoms with Crippen LogP contribution in [0.15, 0.2) is 54.6 Å². The predicted molar refractivity (Wildman–Crippen MR) is 115 cm³/mol. The summed E-state index contributed by atoms with van der Waals surface area (Å²) in [5.41, 5.74) is 2.41. The molecule has 1 aliphatic heterocycles. The van der Waals surface area contributed by atoms with Gasteiger partial charge in [0.2, 0.25) is 5.91 Å². The molecule has 1 amide bonds. The zero-order valence-electron chi connectivity index (χ0n) is 17.0. The first-order valence-electron chi connectivity index (χ1n) is 10.2. The monoisotopic (exact) mass is 395 g/mol. The average Bonchev–Trinajstić information content (AvgIpc) is 2.75. The Hall–Kier alpha value is -2.86. The number of amides is 1. The number of hydrogen-bond acceptors (Lipinski definition) is 5. The molecular formula is C23H29N3O3. The zero-order chi connectivity index (χ0) is 20.5. The highest BCUT2D eigenvalue weighted by Gasteiger charge is 2.19. The summed E-state index contributed by atoms with van der Waals surface area (Å²) in [5.74, 6) is -0.371. The Labute approximate surface area is 172 Å². The lowest BCUT2D eigenvalue weighted by atomic mass is 10.2. The van der Waals surface area contributed by atoms with E-state index in [1.165, 1.54) is 5.69 Å². The third-order valence-corrected chi connectivity index (χ3v) is 5.00. The van der Waals surface area contributed by atoms with Crippen molar-refractivity contribution in [2.75, 3.05) is 49.5 Å². The maximum absolute atomic E-state index is 12.4. The summed E-state index contributed by atoms with van der Waals surface area (Å²) >= 11 is 0. The van der Waals surface area contributed by atoms with E-state index in [1.54, 1.807) is 24.3 Å². The van der Waals surface area contributed by atoms with Crippen LogP contribution in [0, 0.1) is 0 Å². The molecule has 0 atom stereocenters. The number of carbonyl (C=O) groups excluding carboxylic acids is 2. The molecule has 154 valence electrons. The van der Waals surface area contributed by atoms with Crippen molar-refractivity contribution in [1.29, 1.82) is 0 Å². The smallest absolute Gasteiger partial charge is 0.338 e. The zero-order valence-corrected chi connectivity index (χ0v) is 17.0. The van der Waals surface area contributed by atoms with E-state index in [4.69, 9.17) is 4.74 Å². The molecule has 0 aliphatic carbocycles. The quantitative estimate of drug-likeness (QED) is 0.548. The predicted octanol–water partition coefficient (Wildman–Crippen LogP) is 3.40. The van der Waals surface area contributed by atoms with Crippen LogP contribution in [0.25, 0.3) is 0 Å². The number of esters is 1. The molecule has 0 bridgehead atoms. The van der Waals surface area contributed by atoms with Crippen LogP contribution in [0.3, 0.4) is 0 Å². The number of hydrogen-bond donors (Lipinski definition) is 1. The first kappa shape index (κ1) is 20.9. The van der Waals surface area contributed by atoms with Crippen LogP contribution in [0.4, 0.5) is 11.4 Å². The van der Waals surface area contributed by atoms with Crippen molar-refractivity contribution in [3.05, 3.63) is 60.2 Å². The number of carbonyl (C=O) groups is 2. The van der Waals surface area contributed by atoms with Gasteiger partial charge in [0, 0.05) is 37.6 Å². The van der Waals surface area contributed by atoms with Gasteiger partial charge in [-0.1, -0.05) is 31.5 Å². The molecule has 0 radical (unpaired) electrons. The highest BCUT2D eigenvalue weighted by atomic mass is 16.5. The molecule has 29 heavy (non-hydrogen) atoms. The number of piperazine rings is 1. The van der Waals surface area contributed by atoms with Gasteiger partial charge in [-0.25, -0.2) is 4.79 Å². The molecule has 1 saturated heterocycles. The van der Waals surface area contributed by atoms with Gasteiger partial charge in [0.1, 0.15) is 0 Å². The number of nitrogens with one attached hydrogen (secondary N) is 1. The van der Waals surface area contributed by atoms with Gasteiger partial charge in [-0.3, -0.25) is 9.69 Å². The highest BCUT2D eigenvalue weighted by molar-refractivity contribution is 5.94. The Bertz CT molecular complexity index is 785. The van der Waals surface area contributed by atoms with E-state index in [0.717, 1.165) is 39.0 Å². The molecule has 3 rings (SSSR count). The first-order chi connectivity index (χ1) is 14.2. The van der Waals surface area contributed by atoms with Crippen molar-refractivity contribution in [2.45, 2.75) is 19.8 Å². The van der Waals surface area contributed by atoms with E-state index < -0.39 is 0 Å². The van der Waals surface area contributed by atoms with Gasteiger partial charge in [-0.15, -0.1) is 0 Å². The third kappa shape index (κ3) is 6.32. The molecule has 0 unspecified atom stereocenters. The van der Waals surface area contributed by atoms with Crippen LogP contribution in [0.2, 0.25) is 0 Å². The maximum Gasteiger partial charge on any atom is 0.338 e. The Balaban J connectivity index is 1.42. The fourth-order valence-corrected chi connectivity index (χ4v) is 3.29. The van der Waals surface area contributed by atoms with E-state index in [-0.39, 0.29) is 11.9 Å². The summed E-state index contributed by atoms with van der Waals surface area (Å²) in [5, 5.41) is 2.90. The largest absolute Gasteiger partial charge is 0.462 e. The Morgan fingerprint density at radius 3 is 2.31 bits per heavy atom. The molecule has 6 nitrogen and oxygen atoms in total. The van der Waals surface area contributed by atoms with Crippen LogP contribution in [0.5, 0.6) is 0 Å². The summed E-state index contributed by atoms with van der Waals surface area (Å²) in [6.07, 6.45) is 1.85. The van der Waals surface area contributed by atoms with Crippen LogP contribution >= 0.6 is 0 Å². The van der Waals surface area contributed by atoms with E-state index in [2.05, 4.69) is 34.2 Å². The second-order valence-electron chi connectivity index (χ2n) is 7.21. The SMILES string of the molecule is CCCCOC(=O)c1ccc(NC(=O)CN2CCN(c3ccccc3)CC2)cc1. The van der Waals surface area contributed by atoms with Gasteiger partial charge in [-0.2, -0.15) is 0 Å². The summed E-state index contributed by atoms with van der Waals surface area (Å²) in [6, 6.07) is 17.2. The minimum absolute atomic E-state index is 0.0450. The van der Waals surface area contributed by atoms with Crippen molar-refractivity contribution in [3.63, 3.8) is 0 Å². The van der Waals surface area contributed by atoms with Crippen molar-refractivity contribution in [2.24, 2.45) is 0 Å². The van der Waals surface area contributed by atoms with E-state index >= 15 is 0 Å². The van der Waals surface area contributed by atoms with Crippen molar-refractivity contribution in [3.8, 4) is 0 Å². The number of benzene rings is 2. The molecule has 2 aromatic rings. The number of rotatable bonds is 8. The topological polar surface area (TPSA) is 61.9 Å². The molecule has 0 saturated carbocycles. The second-order valence-corrected chi connectivity index (χ2v) is 7.21. The minimum Gasteiger partial charge on any atom is -0.462 e. The minimum atomic E-state index is -0.326. The normalized spacial score (nSPS) is 14.4. The standard InChI is InChI=1S/C23H29N3O3/c1-2-3-17-29-23(28)19-9-11-20(12-10-19)24-22(27)18-25-13-15-26(16-14-25)21-7-5-4-6-8-21/h4-12H,2-3,13-18H2,1H3,(H,24,27). The van der Waals surface area contributed by atoms with Crippen LogP contribution in [0.1, 0.15) is 30.1 Å². The fourth-order valence-electron chi connectivity index (χ4n) is 3.29. The van der Waals surface area contributed by atoms with Gasteiger partial charge >= 0.3 is 5.97 Å². The Kier molecular flexibility index (Phi) is 7.64. The second kappa shape index (κ2) is 10.6. The summed E-state index contributed by atoms with van der Waals surface area (Å²) in [6.45, 7) is 6.37. The molecule has 6 heteroatoms. The summed E-state index contributed by atoms with van der Waals surface area (Å²) < 4.78 is 5.19. The van der Waals surface area contributed by atoms with Crippen molar-refractivity contribution < 1.29 is 14.3 Å². The third-order valence-electron chi connectivity index (χ3n) is 5.00. The molecule has 2 aromatic carbocycles. The first-order valence-corrected chi connectivity index (χ1v) is 10.2. The molecule has 0 spiro atoms. The number of para-hydroxylation sites is 1. The molecule has 1 N–H and O–H groups in total. The van der Waals surface area contributed by atoms with Crippen molar-refractivity contribution in [1.82, 2.24) is 4.90 Å². The van der Waals surface area contributed by atoms with Gasteiger partial charge < -0.3 is 15.0 Å². The average molecular weight is 396 g/mol. The molecule has 0 aromatic heterocycles. The fraction of sp³-hybridized carbons (Fsp3) is 0.391. The molecule has 1 heterocycles. The van der Waals surface area contributed by atoms with E-state index in [9.17, 15) is 9.59 Å². The van der Waals surface area contributed by atoms with Crippen LogP contribution in [-0.2, 0) is 9.53 Å². The van der Waals surface area contributed by atoms with Crippen LogP contribution < -0.4 is 10.2 Å². The van der Waals surface area contributed by atoms with Crippen LogP contribution in [-0.4, -0.2) is 56.1 Å². The molecular weight excluding hydrogens is 366 g/mol. The lowest BCUT2D eigenvalue weighted by Crippen LogP contribution is -2.48. The molecule has 1 aliphatic rings. The lowest BCUT2D eigenvalue weighted by molar-refractivity contribution is -0.117. The van der Waals surface area contributed by atoms with Gasteiger partial charge in [0.25, 0.3) is 0 Å². The van der Waals surface area contributed by atoms with E-state index in [1.807, 2.05) is 18.2 Å². The number of ether oxygens (including phenoxy) is 1. The Morgan fingerprint density at radius 1 is 0.966 bits per heavy atom. The summed E-state index contributed by atoms with van der Waals surface area (Å²) in [4.78, 5) is 28.8. The van der Waals surface area contributed by atoms with Gasteiger partial charge in [0.15, 0.2) is 0 Å². The van der Waals surface area contributed by atoms with E-state index in [0.29, 0.717) is 24.4 Å². The Morgan fingerprint density at radius 2 is 1.66 bits per heavy atom. The number of unbranched alkanes of at least 4 members (excludes halogenated alkanes) is 1. The van der Waals surface area contributed by atoms with Gasteiger partial charge in [-0.05, 0) is 42.8 Å². The number of nitrogens with zero attached hydrogens (tertiary/aromatic N) is 2. The summed E-state index contributed by atoms with van der Waals surface area (Å²) in [7, 11) is 0. The molecule has 1 fully saturated rings. The highest BCUT2D eigenvalue weighted by Crippen LogP contribution is 2.16. The lowest BCUT2D eigenvalue weighted by Gasteiger charge is -2.35. The van der Waals surface area contributed by atoms with Crippen molar-refractivity contribution >= 4 is 23.3 Å².